The highest BCUT2D eigenvalue weighted by atomic mass is 35.5. The molecule has 1 saturated heterocycles. The Hall–Kier alpha value is -2.19. The number of nitrogens with one attached hydrogen (secondary N) is 1. The number of unbranched alkanes of at least 4 members (excludes halogenated alkanes) is 1. The summed E-state index contributed by atoms with van der Waals surface area (Å²) in [6.07, 6.45) is 3.30. The first-order valence-electron chi connectivity index (χ1n) is 8.34. The molecule has 0 radical (unpaired) electrons. The molecule has 0 aromatic heterocycles. The number of methoxy groups -OCH3 is 2. The van der Waals surface area contributed by atoms with Crippen molar-refractivity contribution in [3.8, 4) is 11.5 Å². The fourth-order valence-electron chi connectivity index (χ4n) is 2.38. The second kappa shape index (κ2) is 9.66. The maximum absolute atomic E-state index is 12.5. The molecular formula is C18H21ClN2O5S. The number of hydrogen-bond acceptors (Lipinski definition) is 6. The van der Waals surface area contributed by atoms with Crippen LogP contribution in [0.1, 0.15) is 25.3 Å². The topological polar surface area (TPSA) is 84.9 Å². The highest BCUT2D eigenvalue weighted by Gasteiger charge is 2.36. The van der Waals surface area contributed by atoms with Crippen LogP contribution >= 0.6 is 23.4 Å². The fraction of sp³-hybridized carbons (Fsp3) is 0.389. The monoisotopic (exact) mass is 412 g/mol. The normalized spacial score (nSPS) is 15.4. The summed E-state index contributed by atoms with van der Waals surface area (Å²) in [5.41, 5.74) is 0.529. The summed E-state index contributed by atoms with van der Waals surface area (Å²) in [6.45, 7) is 2.22. The number of nitrogens with zero attached hydrogens (tertiary/aromatic N) is 1. The molecule has 1 fully saturated rings. The lowest BCUT2D eigenvalue weighted by atomic mass is 10.1. The van der Waals surface area contributed by atoms with Gasteiger partial charge in [-0.15, -0.1) is 0 Å². The molecule has 7 nitrogen and oxygen atoms in total. The first-order chi connectivity index (χ1) is 12.9. The van der Waals surface area contributed by atoms with Crippen molar-refractivity contribution >= 4 is 46.5 Å². The fourth-order valence-corrected chi connectivity index (χ4v) is 3.46. The predicted molar refractivity (Wildman–Crippen MR) is 105 cm³/mol. The SMILES string of the molecule is CCCCNC(=O)CN1C(=O)S/C(=C\c2cc(Cl)c(OC)cc2OC)C1=O. The molecule has 0 aliphatic carbocycles. The Morgan fingerprint density at radius 3 is 2.59 bits per heavy atom. The Bertz CT molecular complexity index is 781. The molecule has 1 aliphatic rings. The maximum Gasteiger partial charge on any atom is 0.294 e. The number of ether oxygens (including phenoxy) is 2. The van der Waals surface area contributed by atoms with E-state index in [-0.39, 0.29) is 17.4 Å². The summed E-state index contributed by atoms with van der Waals surface area (Å²) < 4.78 is 10.4. The first-order valence-corrected chi connectivity index (χ1v) is 9.54. The molecular weight excluding hydrogens is 392 g/mol. The molecule has 1 aromatic carbocycles. The Morgan fingerprint density at radius 1 is 1.26 bits per heavy atom. The largest absolute Gasteiger partial charge is 0.496 e. The lowest BCUT2D eigenvalue weighted by Crippen LogP contribution is -2.39. The van der Waals surface area contributed by atoms with E-state index in [0.29, 0.717) is 28.6 Å². The highest BCUT2D eigenvalue weighted by molar-refractivity contribution is 8.18. The van der Waals surface area contributed by atoms with E-state index >= 15 is 0 Å². The van der Waals surface area contributed by atoms with Crippen molar-refractivity contribution in [2.24, 2.45) is 0 Å². The van der Waals surface area contributed by atoms with E-state index in [9.17, 15) is 14.4 Å². The second-order valence-corrected chi connectivity index (χ2v) is 7.10. The lowest BCUT2D eigenvalue weighted by molar-refractivity contribution is -0.129. The highest BCUT2D eigenvalue weighted by Crippen LogP contribution is 2.37. The number of carbonyl (C=O) groups is 3. The van der Waals surface area contributed by atoms with Crippen LogP contribution in [0.15, 0.2) is 17.0 Å². The zero-order valence-corrected chi connectivity index (χ0v) is 16.9. The quantitative estimate of drug-likeness (QED) is 0.520. The lowest BCUT2D eigenvalue weighted by Gasteiger charge is -2.12. The average Bonchev–Trinajstić information content (AvgIpc) is 2.89. The molecule has 3 amide bonds. The minimum absolute atomic E-state index is 0.195. The van der Waals surface area contributed by atoms with E-state index in [2.05, 4.69) is 5.32 Å². The molecule has 146 valence electrons. The Labute approximate surface area is 167 Å². The standard InChI is InChI=1S/C18H21ClN2O5S/c1-4-5-6-20-16(22)10-21-17(23)15(27-18(21)24)8-11-7-12(19)14(26-3)9-13(11)25-2/h7-9H,4-6,10H2,1-3H3,(H,20,22)/b15-8-. The summed E-state index contributed by atoms with van der Waals surface area (Å²) >= 11 is 6.91. The number of imide groups is 1. The van der Waals surface area contributed by atoms with Crippen molar-refractivity contribution < 1.29 is 23.9 Å². The molecule has 1 aromatic rings. The number of thioether (sulfide) groups is 1. The van der Waals surface area contributed by atoms with E-state index in [1.807, 2.05) is 6.92 Å². The zero-order valence-electron chi connectivity index (χ0n) is 15.3. The Balaban J connectivity index is 2.18. The van der Waals surface area contributed by atoms with Gasteiger partial charge in [-0.2, -0.15) is 0 Å². The maximum atomic E-state index is 12.5. The van der Waals surface area contributed by atoms with Gasteiger partial charge in [0.2, 0.25) is 5.91 Å². The minimum Gasteiger partial charge on any atom is -0.496 e. The number of carbonyl (C=O) groups excluding carboxylic acids is 3. The number of amides is 3. The van der Waals surface area contributed by atoms with Crippen molar-refractivity contribution in [2.75, 3.05) is 27.3 Å². The van der Waals surface area contributed by atoms with Crippen molar-refractivity contribution in [3.05, 3.63) is 27.6 Å². The van der Waals surface area contributed by atoms with Crippen molar-refractivity contribution in [3.63, 3.8) is 0 Å². The van der Waals surface area contributed by atoms with Gasteiger partial charge in [0, 0.05) is 18.2 Å². The van der Waals surface area contributed by atoms with Gasteiger partial charge < -0.3 is 14.8 Å². The van der Waals surface area contributed by atoms with E-state index in [1.165, 1.54) is 20.3 Å². The van der Waals surface area contributed by atoms with E-state index in [4.69, 9.17) is 21.1 Å². The zero-order chi connectivity index (χ0) is 20.0. The molecule has 0 unspecified atom stereocenters. The van der Waals surface area contributed by atoms with Crippen LogP contribution in [0.25, 0.3) is 6.08 Å². The molecule has 0 atom stereocenters. The van der Waals surface area contributed by atoms with Crippen LogP contribution in [0.5, 0.6) is 11.5 Å². The molecule has 0 spiro atoms. The molecule has 9 heteroatoms. The van der Waals surface area contributed by atoms with Crippen LogP contribution < -0.4 is 14.8 Å². The van der Waals surface area contributed by atoms with Gasteiger partial charge in [-0.1, -0.05) is 24.9 Å². The molecule has 2 rings (SSSR count). The van der Waals surface area contributed by atoms with Gasteiger partial charge in [0.1, 0.15) is 18.0 Å². The van der Waals surface area contributed by atoms with Crippen LogP contribution in [0.2, 0.25) is 5.02 Å². The van der Waals surface area contributed by atoms with Crippen LogP contribution in [0, 0.1) is 0 Å². The minimum atomic E-state index is -0.523. The van der Waals surface area contributed by atoms with Gasteiger partial charge in [0.05, 0.1) is 24.1 Å². The number of halogens is 1. The summed E-state index contributed by atoms with van der Waals surface area (Å²) in [5, 5.41) is 2.55. The summed E-state index contributed by atoms with van der Waals surface area (Å²) in [7, 11) is 2.96. The second-order valence-electron chi connectivity index (χ2n) is 5.70. The van der Waals surface area contributed by atoms with Gasteiger partial charge in [-0.25, -0.2) is 0 Å². The van der Waals surface area contributed by atoms with Crippen LogP contribution in [-0.2, 0) is 9.59 Å². The van der Waals surface area contributed by atoms with E-state index < -0.39 is 11.1 Å². The Kier molecular flexibility index (Phi) is 7.55. The van der Waals surface area contributed by atoms with Crippen LogP contribution in [-0.4, -0.2) is 49.3 Å². The number of rotatable bonds is 8. The summed E-state index contributed by atoms with van der Waals surface area (Å²) in [6, 6.07) is 3.18. The van der Waals surface area contributed by atoms with Gasteiger partial charge in [0.25, 0.3) is 11.1 Å². The average molecular weight is 413 g/mol. The number of benzene rings is 1. The van der Waals surface area contributed by atoms with Gasteiger partial charge in [0.15, 0.2) is 0 Å². The third-order valence-electron chi connectivity index (χ3n) is 3.82. The number of hydrogen-bond donors (Lipinski definition) is 1. The first kappa shape index (κ1) is 21.1. The van der Waals surface area contributed by atoms with Crippen molar-refractivity contribution in [1.29, 1.82) is 0 Å². The van der Waals surface area contributed by atoms with Gasteiger partial charge >= 0.3 is 0 Å². The van der Waals surface area contributed by atoms with Crippen LogP contribution in [0.4, 0.5) is 4.79 Å². The van der Waals surface area contributed by atoms with Crippen LogP contribution in [0.3, 0.4) is 0 Å². The van der Waals surface area contributed by atoms with Crippen molar-refractivity contribution in [2.45, 2.75) is 19.8 Å². The molecule has 0 bridgehead atoms. The van der Waals surface area contributed by atoms with Gasteiger partial charge in [-0.05, 0) is 30.3 Å². The predicted octanol–water partition coefficient (Wildman–Crippen LogP) is 3.31. The molecule has 1 N–H and O–H groups in total. The smallest absolute Gasteiger partial charge is 0.294 e. The van der Waals surface area contributed by atoms with Gasteiger partial charge in [-0.3, -0.25) is 19.3 Å². The third-order valence-corrected chi connectivity index (χ3v) is 5.02. The molecule has 1 aliphatic heterocycles. The van der Waals surface area contributed by atoms with E-state index in [0.717, 1.165) is 29.5 Å². The van der Waals surface area contributed by atoms with E-state index in [1.54, 1.807) is 12.1 Å². The molecule has 1 heterocycles. The summed E-state index contributed by atoms with van der Waals surface area (Å²) in [4.78, 5) is 37.7. The molecule has 27 heavy (non-hydrogen) atoms. The molecule has 0 saturated carbocycles. The summed E-state index contributed by atoms with van der Waals surface area (Å²) in [5.74, 6) is -0.00964. The Morgan fingerprint density at radius 2 is 1.96 bits per heavy atom. The van der Waals surface area contributed by atoms with Crippen molar-refractivity contribution in [1.82, 2.24) is 10.2 Å². The third kappa shape index (κ3) is 5.17.